The summed E-state index contributed by atoms with van der Waals surface area (Å²) in [6, 6.07) is 5.33. The Kier molecular flexibility index (Phi) is 5.09. The Bertz CT molecular complexity index is 460. The van der Waals surface area contributed by atoms with E-state index in [0.29, 0.717) is 22.8 Å². The summed E-state index contributed by atoms with van der Waals surface area (Å²) in [4.78, 5) is 12.3. The van der Waals surface area contributed by atoms with Crippen LogP contribution in [0.2, 0.25) is 0 Å². The third-order valence-corrected chi connectivity index (χ3v) is 3.13. The Hall–Kier alpha value is -1.62. The van der Waals surface area contributed by atoms with Crippen LogP contribution >= 0.6 is 12.2 Å². The Labute approximate surface area is 113 Å². The summed E-state index contributed by atoms with van der Waals surface area (Å²) < 4.78 is 5.18. The lowest BCUT2D eigenvalue weighted by Crippen LogP contribution is -2.33. The van der Waals surface area contributed by atoms with Crippen LogP contribution in [0.1, 0.15) is 22.8 Å². The maximum atomic E-state index is 11.9. The van der Waals surface area contributed by atoms with Gasteiger partial charge in [-0.1, -0.05) is 25.2 Å². The van der Waals surface area contributed by atoms with Gasteiger partial charge in [-0.2, -0.15) is 0 Å². The molecule has 0 heterocycles. The van der Waals surface area contributed by atoms with Gasteiger partial charge in [0.1, 0.15) is 5.75 Å². The molecule has 18 heavy (non-hydrogen) atoms. The standard InChI is InChI=1S/C13H18N2O2S/c1-8-4-5-10(6-11(8)17-3)13(16)15-7-9(2)12(14)18/h4-6,9H,7H2,1-3H3,(H2,14,18)(H,15,16). The van der Waals surface area contributed by atoms with Crippen LogP contribution in [-0.4, -0.2) is 24.6 Å². The van der Waals surface area contributed by atoms with Gasteiger partial charge >= 0.3 is 0 Å². The fourth-order valence-electron chi connectivity index (χ4n) is 1.41. The Morgan fingerprint density at radius 2 is 2.22 bits per heavy atom. The van der Waals surface area contributed by atoms with Crippen molar-refractivity contribution in [2.45, 2.75) is 13.8 Å². The number of nitrogens with one attached hydrogen (secondary N) is 1. The summed E-state index contributed by atoms with van der Waals surface area (Å²) in [6.45, 7) is 4.23. The molecule has 1 aromatic rings. The minimum Gasteiger partial charge on any atom is -0.496 e. The summed E-state index contributed by atoms with van der Waals surface area (Å²) in [5, 5.41) is 2.79. The number of carbonyl (C=O) groups is 1. The lowest BCUT2D eigenvalue weighted by Gasteiger charge is -2.12. The number of nitrogens with two attached hydrogens (primary N) is 1. The van der Waals surface area contributed by atoms with Gasteiger partial charge in [0.2, 0.25) is 0 Å². The lowest BCUT2D eigenvalue weighted by atomic mass is 10.1. The van der Waals surface area contributed by atoms with E-state index in [9.17, 15) is 4.79 Å². The second-order valence-electron chi connectivity index (χ2n) is 4.20. The van der Waals surface area contributed by atoms with Crippen molar-refractivity contribution in [1.82, 2.24) is 5.32 Å². The summed E-state index contributed by atoms with van der Waals surface area (Å²) >= 11 is 4.85. The van der Waals surface area contributed by atoms with E-state index in [1.807, 2.05) is 19.9 Å². The molecular formula is C13H18N2O2S. The van der Waals surface area contributed by atoms with Crippen molar-refractivity contribution in [3.8, 4) is 5.75 Å². The molecule has 3 N–H and O–H groups in total. The number of hydrogen-bond donors (Lipinski definition) is 2. The van der Waals surface area contributed by atoms with Gasteiger partial charge in [0.05, 0.1) is 12.1 Å². The van der Waals surface area contributed by atoms with Gasteiger partial charge in [-0.15, -0.1) is 0 Å². The number of aryl methyl sites for hydroxylation is 1. The summed E-state index contributed by atoms with van der Waals surface area (Å²) in [6.07, 6.45) is 0. The Balaban J connectivity index is 2.70. The summed E-state index contributed by atoms with van der Waals surface area (Å²) in [5.41, 5.74) is 7.04. The van der Waals surface area contributed by atoms with E-state index in [4.69, 9.17) is 22.7 Å². The third kappa shape index (κ3) is 3.70. The van der Waals surface area contributed by atoms with E-state index in [2.05, 4.69) is 5.32 Å². The van der Waals surface area contributed by atoms with Gasteiger partial charge in [0.15, 0.2) is 0 Å². The first-order valence-electron chi connectivity index (χ1n) is 5.68. The van der Waals surface area contributed by atoms with Crippen LogP contribution in [-0.2, 0) is 0 Å². The molecule has 5 heteroatoms. The maximum Gasteiger partial charge on any atom is 0.251 e. The van der Waals surface area contributed by atoms with Crippen molar-refractivity contribution in [1.29, 1.82) is 0 Å². The fraction of sp³-hybridized carbons (Fsp3) is 0.385. The average Bonchev–Trinajstić information content (AvgIpc) is 2.35. The van der Waals surface area contributed by atoms with Crippen molar-refractivity contribution < 1.29 is 9.53 Å². The molecule has 1 atom stereocenters. The molecule has 98 valence electrons. The third-order valence-electron chi connectivity index (χ3n) is 2.72. The molecular weight excluding hydrogens is 248 g/mol. The second kappa shape index (κ2) is 6.35. The molecule has 0 fully saturated rings. The number of amides is 1. The topological polar surface area (TPSA) is 64.3 Å². The van der Waals surface area contributed by atoms with Gasteiger partial charge in [-0.25, -0.2) is 0 Å². The molecule has 1 unspecified atom stereocenters. The van der Waals surface area contributed by atoms with Crippen LogP contribution < -0.4 is 15.8 Å². The SMILES string of the molecule is COc1cc(C(=O)NCC(C)C(N)=S)ccc1C. The highest BCUT2D eigenvalue weighted by Crippen LogP contribution is 2.18. The highest BCUT2D eigenvalue weighted by molar-refractivity contribution is 7.80. The Morgan fingerprint density at radius 3 is 2.78 bits per heavy atom. The first kappa shape index (κ1) is 14.4. The molecule has 0 saturated carbocycles. The molecule has 0 spiro atoms. The fourth-order valence-corrected chi connectivity index (χ4v) is 1.49. The minimum absolute atomic E-state index is 0.0173. The summed E-state index contributed by atoms with van der Waals surface area (Å²) in [5.74, 6) is 0.526. The number of hydrogen-bond acceptors (Lipinski definition) is 3. The van der Waals surface area contributed by atoms with Crippen LogP contribution in [0, 0.1) is 12.8 Å². The molecule has 0 radical (unpaired) electrons. The molecule has 1 aromatic carbocycles. The van der Waals surface area contributed by atoms with Crippen LogP contribution in [0.4, 0.5) is 0 Å². The van der Waals surface area contributed by atoms with E-state index in [1.165, 1.54) is 0 Å². The number of rotatable bonds is 5. The van der Waals surface area contributed by atoms with Gasteiger partial charge in [-0.3, -0.25) is 4.79 Å². The monoisotopic (exact) mass is 266 g/mol. The van der Waals surface area contributed by atoms with Crippen molar-refractivity contribution in [2.24, 2.45) is 11.7 Å². The van der Waals surface area contributed by atoms with E-state index in [-0.39, 0.29) is 11.8 Å². The number of benzene rings is 1. The molecule has 0 aliphatic rings. The molecule has 0 aromatic heterocycles. The van der Waals surface area contributed by atoms with Crippen molar-refractivity contribution in [3.05, 3.63) is 29.3 Å². The van der Waals surface area contributed by atoms with E-state index in [1.54, 1.807) is 19.2 Å². The van der Waals surface area contributed by atoms with Gasteiger partial charge < -0.3 is 15.8 Å². The van der Waals surface area contributed by atoms with Crippen LogP contribution in [0.25, 0.3) is 0 Å². The first-order chi connectivity index (χ1) is 8.45. The van der Waals surface area contributed by atoms with Crippen molar-refractivity contribution >= 4 is 23.1 Å². The second-order valence-corrected chi connectivity index (χ2v) is 4.67. The van der Waals surface area contributed by atoms with E-state index in [0.717, 1.165) is 5.56 Å². The maximum absolute atomic E-state index is 11.9. The average molecular weight is 266 g/mol. The zero-order chi connectivity index (χ0) is 13.7. The number of methoxy groups -OCH3 is 1. The van der Waals surface area contributed by atoms with Crippen LogP contribution in [0.15, 0.2) is 18.2 Å². The van der Waals surface area contributed by atoms with Gasteiger partial charge in [0.25, 0.3) is 5.91 Å². The van der Waals surface area contributed by atoms with Crippen molar-refractivity contribution in [2.75, 3.05) is 13.7 Å². The number of ether oxygens (including phenoxy) is 1. The molecule has 1 rings (SSSR count). The molecule has 0 aliphatic carbocycles. The Morgan fingerprint density at radius 1 is 1.56 bits per heavy atom. The molecule has 0 bridgehead atoms. The largest absolute Gasteiger partial charge is 0.496 e. The molecule has 0 saturated heterocycles. The van der Waals surface area contributed by atoms with E-state index < -0.39 is 0 Å². The molecule has 1 amide bonds. The highest BCUT2D eigenvalue weighted by atomic mass is 32.1. The predicted molar refractivity (Wildman–Crippen MR) is 76.0 cm³/mol. The molecule has 0 aliphatic heterocycles. The van der Waals surface area contributed by atoms with Crippen LogP contribution in [0.3, 0.4) is 0 Å². The minimum atomic E-state index is -0.156. The van der Waals surface area contributed by atoms with E-state index >= 15 is 0 Å². The summed E-state index contributed by atoms with van der Waals surface area (Å²) in [7, 11) is 1.58. The van der Waals surface area contributed by atoms with Gasteiger partial charge in [-0.05, 0) is 24.6 Å². The zero-order valence-corrected chi connectivity index (χ0v) is 11.6. The van der Waals surface area contributed by atoms with Crippen LogP contribution in [0.5, 0.6) is 5.75 Å². The highest BCUT2D eigenvalue weighted by Gasteiger charge is 2.11. The smallest absolute Gasteiger partial charge is 0.251 e. The molecule has 4 nitrogen and oxygen atoms in total. The zero-order valence-electron chi connectivity index (χ0n) is 10.8. The van der Waals surface area contributed by atoms with Crippen molar-refractivity contribution in [3.63, 3.8) is 0 Å². The number of carbonyl (C=O) groups excluding carboxylic acids is 1. The predicted octanol–water partition coefficient (Wildman–Crippen LogP) is 1.66. The van der Waals surface area contributed by atoms with Gasteiger partial charge in [0, 0.05) is 18.0 Å². The lowest BCUT2D eigenvalue weighted by molar-refractivity contribution is 0.0951. The normalized spacial score (nSPS) is 11.7. The quantitative estimate of drug-likeness (QED) is 0.796. The number of thiocarbonyl (C=S) groups is 1. The first-order valence-corrected chi connectivity index (χ1v) is 6.08.